The highest BCUT2D eigenvalue weighted by molar-refractivity contribution is 7.90. The van der Waals surface area contributed by atoms with Crippen LogP contribution in [0.25, 0.3) is 0 Å². The van der Waals surface area contributed by atoms with Crippen LogP contribution in [0, 0.1) is 22.7 Å². The van der Waals surface area contributed by atoms with Crippen molar-refractivity contribution >= 4 is 26.9 Å². The third-order valence-corrected chi connectivity index (χ3v) is 4.39. The molecule has 1 aliphatic heterocycles. The van der Waals surface area contributed by atoms with E-state index in [1.807, 2.05) is 0 Å². The third kappa shape index (κ3) is 4.19. The van der Waals surface area contributed by atoms with Crippen molar-refractivity contribution in [3.05, 3.63) is 18.2 Å². The van der Waals surface area contributed by atoms with E-state index in [1.165, 1.54) is 6.07 Å². The van der Waals surface area contributed by atoms with Crippen molar-refractivity contribution in [3.8, 4) is 12.1 Å². The molecular weight excluding hydrogens is 318 g/mol. The smallest absolute Gasteiger partial charge is 0.237 e. The molecule has 1 N–H and O–H groups in total. The molecule has 1 aromatic rings. The van der Waals surface area contributed by atoms with Gasteiger partial charge in [-0.3, -0.25) is 5.43 Å². The van der Waals surface area contributed by atoms with Crippen LogP contribution in [0.2, 0.25) is 0 Å². The molecule has 1 fully saturated rings. The Morgan fingerprint density at radius 3 is 2.52 bits per heavy atom. The van der Waals surface area contributed by atoms with E-state index >= 15 is 0 Å². The zero-order valence-electron chi connectivity index (χ0n) is 12.5. The minimum Gasteiger partial charge on any atom is -0.378 e. The van der Waals surface area contributed by atoms with E-state index in [1.54, 1.807) is 24.3 Å². The van der Waals surface area contributed by atoms with Crippen molar-refractivity contribution in [3.63, 3.8) is 0 Å². The lowest BCUT2D eigenvalue weighted by Gasteiger charge is -2.29. The number of hydrogen-bond donors (Lipinski definition) is 1. The number of nitrogens with zero attached hydrogens (tertiary/aromatic N) is 4. The van der Waals surface area contributed by atoms with Crippen molar-refractivity contribution in [2.75, 3.05) is 42.9 Å². The van der Waals surface area contributed by atoms with Gasteiger partial charge in [0.05, 0.1) is 23.8 Å². The zero-order valence-corrected chi connectivity index (χ0v) is 13.3. The molecule has 2 rings (SSSR count). The Balaban J connectivity index is 2.40. The Morgan fingerprint density at radius 1 is 1.30 bits per heavy atom. The second kappa shape index (κ2) is 7.09. The van der Waals surface area contributed by atoms with Crippen molar-refractivity contribution < 1.29 is 13.2 Å². The Morgan fingerprint density at radius 2 is 1.96 bits per heavy atom. The summed E-state index contributed by atoms with van der Waals surface area (Å²) in [6.45, 7) is 2.59. The van der Waals surface area contributed by atoms with Crippen molar-refractivity contribution in [2.24, 2.45) is 5.10 Å². The summed E-state index contributed by atoms with van der Waals surface area (Å²) < 4.78 is 29.0. The third-order valence-electron chi connectivity index (χ3n) is 3.24. The van der Waals surface area contributed by atoms with Gasteiger partial charge >= 0.3 is 0 Å². The predicted octanol–water partition coefficient (Wildman–Crippen LogP) is 0.742. The maximum absolute atomic E-state index is 11.9. The summed E-state index contributed by atoms with van der Waals surface area (Å²) >= 11 is 0. The second-order valence-corrected chi connectivity index (χ2v) is 6.83. The van der Waals surface area contributed by atoms with E-state index in [-0.39, 0.29) is 16.3 Å². The van der Waals surface area contributed by atoms with Crippen LogP contribution in [-0.4, -0.2) is 46.7 Å². The molecule has 0 aromatic heterocycles. The van der Waals surface area contributed by atoms with Crippen LogP contribution in [0.4, 0.5) is 11.4 Å². The number of nitrogens with one attached hydrogen (secondary N) is 1. The molecular formula is C14H15N5O3S. The molecule has 0 aliphatic carbocycles. The van der Waals surface area contributed by atoms with Crippen LogP contribution in [0.15, 0.2) is 28.2 Å². The first kappa shape index (κ1) is 16.7. The van der Waals surface area contributed by atoms with Gasteiger partial charge in [0.25, 0.3) is 0 Å². The van der Waals surface area contributed by atoms with Crippen molar-refractivity contribution in [1.29, 1.82) is 10.5 Å². The summed E-state index contributed by atoms with van der Waals surface area (Å²) in [5, 5.41) is 21.0. The molecule has 9 heteroatoms. The first-order valence-electron chi connectivity index (χ1n) is 6.76. The van der Waals surface area contributed by atoms with Gasteiger partial charge in [0.15, 0.2) is 9.84 Å². The van der Waals surface area contributed by atoms with Gasteiger partial charge in [0.1, 0.15) is 12.1 Å². The fourth-order valence-corrected chi connectivity index (χ4v) is 2.96. The Bertz CT molecular complexity index is 783. The van der Waals surface area contributed by atoms with Crippen LogP contribution in [0.5, 0.6) is 0 Å². The van der Waals surface area contributed by atoms with Crippen LogP contribution in [0.3, 0.4) is 0 Å². The summed E-state index contributed by atoms with van der Waals surface area (Å²) in [6.07, 6.45) is 1.08. The lowest BCUT2D eigenvalue weighted by Crippen LogP contribution is -2.36. The molecule has 0 amide bonds. The van der Waals surface area contributed by atoms with Gasteiger partial charge in [-0.2, -0.15) is 15.6 Å². The molecule has 0 bridgehead atoms. The zero-order chi connectivity index (χ0) is 16.9. The fraction of sp³-hybridized carbons (Fsp3) is 0.357. The Labute approximate surface area is 134 Å². The quantitative estimate of drug-likeness (QED) is 0.637. The minimum atomic E-state index is -3.48. The van der Waals surface area contributed by atoms with E-state index in [2.05, 4.69) is 15.4 Å². The van der Waals surface area contributed by atoms with Gasteiger partial charge in [0.2, 0.25) is 5.71 Å². The minimum absolute atomic E-state index is 0.0495. The first-order chi connectivity index (χ1) is 11.0. The van der Waals surface area contributed by atoms with Gasteiger partial charge in [-0.15, -0.1) is 0 Å². The van der Waals surface area contributed by atoms with Gasteiger partial charge < -0.3 is 9.64 Å². The lowest BCUT2D eigenvalue weighted by atomic mass is 10.2. The highest BCUT2D eigenvalue weighted by Gasteiger charge is 2.17. The summed E-state index contributed by atoms with van der Waals surface area (Å²) in [4.78, 5) is 2.11. The van der Waals surface area contributed by atoms with Gasteiger partial charge in [-0.25, -0.2) is 8.42 Å². The molecule has 0 saturated carbocycles. The standard InChI is InChI=1S/C14H15N5O3S/c1-23(20,21)14-3-2-12(19-4-6-22-7-5-19)8-13(14)18-17-11(9-15)10-16/h2-3,8,18H,4-7H2,1H3. The Hall–Kier alpha value is -2.62. The van der Waals surface area contributed by atoms with E-state index in [0.29, 0.717) is 26.3 Å². The Kier molecular flexibility index (Phi) is 5.16. The first-order valence-corrected chi connectivity index (χ1v) is 8.65. The number of hydrogen-bond acceptors (Lipinski definition) is 8. The molecule has 0 radical (unpaired) electrons. The highest BCUT2D eigenvalue weighted by Crippen LogP contribution is 2.28. The van der Waals surface area contributed by atoms with Crippen LogP contribution in [0.1, 0.15) is 0 Å². The molecule has 8 nitrogen and oxygen atoms in total. The topological polar surface area (TPSA) is 119 Å². The van der Waals surface area contributed by atoms with Crippen molar-refractivity contribution in [2.45, 2.75) is 4.90 Å². The SMILES string of the molecule is CS(=O)(=O)c1ccc(N2CCOCC2)cc1NN=C(C#N)C#N. The van der Waals surface area contributed by atoms with Gasteiger partial charge in [-0.05, 0) is 18.2 Å². The summed E-state index contributed by atoms with van der Waals surface area (Å²) in [7, 11) is -3.48. The number of ether oxygens (including phenoxy) is 1. The number of morpholine rings is 1. The average molecular weight is 333 g/mol. The summed E-state index contributed by atoms with van der Waals surface area (Å²) in [6, 6.07) is 8.05. The number of anilines is 2. The van der Waals surface area contributed by atoms with Gasteiger partial charge in [0, 0.05) is 25.0 Å². The molecule has 120 valence electrons. The normalized spacial score (nSPS) is 14.5. The maximum Gasteiger partial charge on any atom is 0.237 e. The molecule has 1 heterocycles. The molecule has 0 unspecified atom stereocenters. The number of nitriles is 2. The van der Waals surface area contributed by atoms with E-state index in [9.17, 15) is 8.42 Å². The van der Waals surface area contributed by atoms with E-state index in [4.69, 9.17) is 15.3 Å². The monoisotopic (exact) mass is 333 g/mol. The molecule has 1 saturated heterocycles. The fourth-order valence-electron chi connectivity index (χ4n) is 2.14. The number of rotatable bonds is 4. The van der Waals surface area contributed by atoms with Crippen LogP contribution < -0.4 is 10.3 Å². The highest BCUT2D eigenvalue weighted by atomic mass is 32.2. The largest absolute Gasteiger partial charge is 0.378 e. The molecule has 1 aromatic carbocycles. The van der Waals surface area contributed by atoms with Crippen molar-refractivity contribution in [1.82, 2.24) is 0 Å². The molecule has 0 atom stereocenters. The number of hydrazone groups is 1. The van der Waals surface area contributed by atoms with Crippen LogP contribution in [-0.2, 0) is 14.6 Å². The van der Waals surface area contributed by atoms with E-state index in [0.717, 1.165) is 11.9 Å². The number of benzene rings is 1. The lowest BCUT2D eigenvalue weighted by molar-refractivity contribution is 0.122. The summed E-state index contributed by atoms with van der Waals surface area (Å²) in [5.41, 5.74) is 3.15. The molecule has 23 heavy (non-hydrogen) atoms. The van der Waals surface area contributed by atoms with E-state index < -0.39 is 9.84 Å². The van der Waals surface area contributed by atoms with Gasteiger partial charge in [-0.1, -0.05) is 0 Å². The van der Waals surface area contributed by atoms with Crippen LogP contribution >= 0.6 is 0 Å². The predicted molar refractivity (Wildman–Crippen MR) is 84.9 cm³/mol. The number of sulfone groups is 1. The molecule has 1 aliphatic rings. The second-order valence-electron chi connectivity index (χ2n) is 4.85. The average Bonchev–Trinajstić information content (AvgIpc) is 2.55. The summed E-state index contributed by atoms with van der Waals surface area (Å²) in [5.74, 6) is 0. The maximum atomic E-state index is 11.9. The molecule has 0 spiro atoms.